The lowest BCUT2D eigenvalue weighted by Crippen LogP contribution is -2.17. The summed E-state index contributed by atoms with van der Waals surface area (Å²) in [6.07, 6.45) is 3.60. The first kappa shape index (κ1) is 9.65. The first-order valence-corrected chi connectivity index (χ1v) is 4.79. The molecule has 0 amide bonds. The van der Waals surface area contributed by atoms with Crippen LogP contribution in [0.25, 0.3) is 10.8 Å². The minimum atomic E-state index is -0.344. The van der Waals surface area contributed by atoms with Crippen molar-refractivity contribution in [3.63, 3.8) is 0 Å². The van der Waals surface area contributed by atoms with Gasteiger partial charge in [0.05, 0.1) is 6.04 Å². The number of nitrogens with one attached hydrogen (secondary N) is 1. The highest BCUT2D eigenvalue weighted by Gasteiger charge is 2.04. The van der Waals surface area contributed by atoms with Crippen LogP contribution in [0.3, 0.4) is 0 Å². The van der Waals surface area contributed by atoms with E-state index in [4.69, 9.17) is 0 Å². The van der Waals surface area contributed by atoms with Crippen molar-refractivity contribution in [2.75, 3.05) is 5.32 Å². The number of anilines is 1. The average molecular weight is 199 g/mol. The quantitative estimate of drug-likeness (QED) is 0.823. The van der Waals surface area contributed by atoms with Gasteiger partial charge in [0, 0.05) is 11.6 Å². The molecular weight excluding hydrogens is 188 g/mol. The van der Waals surface area contributed by atoms with Crippen LogP contribution in [0.15, 0.2) is 36.5 Å². The molecule has 1 heterocycles. The number of aromatic nitrogens is 1. The molecule has 0 spiro atoms. The van der Waals surface area contributed by atoms with E-state index < -0.39 is 0 Å². The number of rotatable bonds is 3. The third-order valence-electron chi connectivity index (χ3n) is 2.20. The van der Waals surface area contributed by atoms with E-state index >= 15 is 0 Å². The van der Waals surface area contributed by atoms with Crippen molar-refractivity contribution >= 4 is 22.9 Å². The molecule has 3 heteroatoms. The number of hydrogen-bond donors (Lipinski definition) is 1. The number of fused-ring (bicyclic) bond motifs is 1. The molecule has 0 saturated carbocycles. The Morgan fingerprint density at radius 2 is 2.13 bits per heavy atom. The highest BCUT2D eigenvalue weighted by molar-refractivity contribution is 5.92. The molecular formula is C12H11N2O. The van der Waals surface area contributed by atoms with Gasteiger partial charge in [-0.05, 0) is 18.4 Å². The molecule has 1 aromatic heterocycles. The molecule has 0 fully saturated rings. The zero-order chi connectivity index (χ0) is 10.7. The molecule has 75 valence electrons. The fraction of sp³-hybridized carbons (Fsp3) is 0.167. The number of hydrogen-bond acceptors (Lipinski definition) is 3. The van der Waals surface area contributed by atoms with Crippen LogP contribution in [0.2, 0.25) is 0 Å². The first-order chi connectivity index (χ1) is 7.31. The summed E-state index contributed by atoms with van der Waals surface area (Å²) in [4.78, 5) is 14.6. The molecule has 1 aromatic carbocycles. The summed E-state index contributed by atoms with van der Waals surface area (Å²) in [5, 5.41) is 5.12. The molecule has 2 aromatic rings. The van der Waals surface area contributed by atoms with Crippen LogP contribution < -0.4 is 5.32 Å². The number of pyridine rings is 1. The molecule has 1 atom stereocenters. The van der Waals surface area contributed by atoms with Gasteiger partial charge in [-0.3, -0.25) is 4.79 Å². The van der Waals surface area contributed by atoms with Crippen molar-refractivity contribution in [2.45, 2.75) is 13.0 Å². The molecule has 0 aliphatic rings. The molecule has 15 heavy (non-hydrogen) atoms. The van der Waals surface area contributed by atoms with Gasteiger partial charge in [0.1, 0.15) is 5.82 Å². The summed E-state index contributed by atoms with van der Waals surface area (Å²) in [6, 6.07) is 9.50. The van der Waals surface area contributed by atoms with Crippen molar-refractivity contribution < 1.29 is 4.79 Å². The zero-order valence-electron chi connectivity index (χ0n) is 8.40. The van der Waals surface area contributed by atoms with Gasteiger partial charge in [0.25, 0.3) is 0 Å². The predicted octanol–water partition coefficient (Wildman–Crippen LogP) is 2.14. The third-order valence-corrected chi connectivity index (χ3v) is 2.20. The zero-order valence-corrected chi connectivity index (χ0v) is 8.40. The highest BCUT2D eigenvalue weighted by atomic mass is 16.1. The Hall–Kier alpha value is -1.90. The summed E-state index contributed by atoms with van der Waals surface area (Å²) in [5.41, 5.74) is 0. The minimum absolute atomic E-state index is 0.344. The van der Waals surface area contributed by atoms with E-state index in [0.717, 1.165) is 16.6 Å². The maximum Gasteiger partial charge on any atom is 0.222 e. The van der Waals surface area contributed by atoms with E-state index in [-0.39, 0.29) is 6.04 Å². The van der Waals surface area contributed by atoms with Crippen molar-refractivity contribution in [3.05, 3.63) is 36.5 Å². The van der Waals surface area contributed by atoms with E-state index in [9.17, 15) is 4.79 Å². The Labute approximate surface area is 88.1 Å². The van der Waals surface area contributed by atoms with E-state index in [1.807, 2.05) is 36.6 Å². The third kappa shape index (κ3) is 1.96. The van der Waals surface area contributed by atoms with Crippen molar-refractivity contribution in [1.29, 1.82) is 0 Å². The maximum absolute atomic E-state index is 10.4. The molecule has 0 bridgehead atoms. The van der Waals surface area contributed by atoms with E-state index in [0.29, 0.717) is 0 Å². The summed E-state index contributed by atoms with van der Waals surface area (Å²) in [6.45, 7) is 1.75. The second-order valence-electron chi connectivity index (χ2n) is 3.36. The van der Waals surface area contributed by atoms with Gasteiger partial charge in [0.15, 0.2) is 0 Å². The van der Waals surface area contributed by atoms with Gasteiger partial charge in [0.2, 0.25) is 6.29 Å². The summed E-state index contributed by atoms with van der Waals surface area (Å²) >= 11 is 0. The smallest absolute Gasteiger partial charge is 0.222 e. The fourth-order valence-corrected chi connectivity index (χ4v) is 1.47. The molecule has 1 N–H and O–H groups in total. The van der Waals surface area contributed by atoms with E-state index in [1.165, 1.54) is 0 Å². The van der Waals surface area contributed by atoms with Gasteiger partial charge in [-0.15, -0.1) is 0 Å². The first-order valence-electron chi connectivity index (χ1n) is 4.79. The van der Waals surface area contributed by atoms with Gasteiger partial charge in [-0.1, -0.05) is 24.3 Å². The number of nitrogens with zero attached hydrogens (tertiary/aromatic N) is 1. The molecule has 3 nitrogen and oxygen atoms in total. The van der Waals surface area contributed by atoms with Crippen molar-refractivity contribution in [1.82, 2.24) is 4.98 Å². The van der Waals surface area contributed by atoms with Crippen LogP contribution in [-0.4, -0.2) is 17.3 Å². The van der Waals surface area contributed by atoms with Crippen LogP contribution in [-0.2, 0) is 4.79 Å². The predicted molar refractivity (Wildman–Crippen MR) is 60.5 cm³/mol. The Balaban J connectivity index is 2.46. The van der Waals surface area contributed by atoms with Gasteiger partial charge >= 0.3 is 0 Å². The normalized spacial score (nSPS) is 12.3. The molecule has 0 saturated heterocycles. The lowest BCUT2D eigenvalue weighted by molar-refractivity contribution is 0.549. The molecule has 1 radical (unpaired) electrons. The van der Waals surface area contributed by atoms with Crippen LogP contribution in [0.1, 0.15) is 6.92 Å². The second kappa shape index (κ2) is 4.09. The van der Waals surface area contributed by atoms with Crippen molar-refractivity contribution in [2.24, 2.45) is 0 Å². The summed E-state index contributed by atoms with van der Waals surface area (Å²) < 4.78 is 0. The van der Waals surface area contributed by atoms with Crippen LogP contribution >= 0.6 is 0 Å². The topological polar surface area (TPSA) is 42.0 Å². The summed E-state index contributed by atoms with van der Waals surface area (Å²) in [7, 11) is 0. The van der Waals surface area contributed by atoms with Crippen molar-refractivity contribution in [3.8, 4) is 0 Å². The highest BCUT2D eigenvalue weighted by Crippen LogP contribution is 2.20. The van der Waals surface area contributed by atoms with Gasteiger partial charge in [-0.2, -0.15) is 0 Å². The van der Waals surface area contributed by atoms with Crippen LogP contribution in [0.4, 0.5) is 5.82 Å². The minimum Gasteiger partial charge on any atom is -0.360 e. The van der Waals surface area contributed by atoms with E-state index in [1.54, 1.807) is 13.1 Å². The largest absolute Gasteiger partial charge is 0.360 e. The lowest BCUT2D eigenvalue weighted by Gasteiger charge is -2.09. The SMILES string of the molecule is C[C@H]([C]=O)Nc1nccc2ccccc12. The van der Waals surface area contributed by atoms with Gasteiger partial charge < -0.3 is 5.32 Å². The Morgan fingerprint density at radius 1 is 1.33 bits per heavy atom. The maximum atomic E-state index is 10.4. The molecule has 0 aliphatic heterocycles. The van der Waals surface area contributed by atoms with Crippen LogP contribution in [0, 0.1) is 0 Å². The Bertz CT molecular complexity index is 477. The fourth-order valence-electron chi connectivity index (χ4n) is 1.47. The molecule has 0 aliphatic carbocycles. The van der Waals surface area contributed by atoms with Crippen LogP contribution in [0.5, 0.6) is 0 Å². The molecule has 2 rings (SSSR count). The lowest BCUT2D eigenvalue weighted by atomic mass is 10.1. The number of benzene rings is 1. The average Bonchev–Trinajstić information content (AvgIpc) is 2.29. The Kier molecular flexibility index (Phi) is 2.63. The van der Waals surface area contributed by atoms with Gasteiger partial charge in [-0.25, -0.2) is 4.98 Å². The monoisotopic (exact) mass is 199 g/mol. The Morgan fingerprint density at radius 3 is 2.93 bits per heavy atom. The second-order valence-corrected chi connectivity index (χ2v) is 3.36. The molecule has 0 unspecified atom stereocenters. The summed E-state index contributed by atoms with van der Waals surface area (Å²) in [5.74, 6) is 0.726. The van der Waals surface area contributed by atoms with E-state index in [2.05, 4.69) is 10.3 Å². The number of carbonyl (C=O) groups excluding carboxylic acids is 1. The standard InChI is InChI=1S/C12H11N2O/c1-9(8-15)14-12-11-5-3-2-4-10(11)6-7-13-12/h2-7,9H,1H3,(H,13,14)/t9-/m1/s1.